The van der Waals surface area contributed by atoms with E-state index in [1.807, 2.05) is 0 Å². The van der Waals surface area contributed by atoms with Gasteiger partial charge in [-0.2, -0.15) is 0 Å². The van der Waals surface area contributed by atoms with E-state index in [0.717, 1.165) is 7.11 Å². The minimum absolute atomic E-state index is 0.0375. The smallest absolute Gasteiger partial charge is 0.316 e. The summed E-state index contributed by atoms with van der Waals surface area (Å²) in [5.74, 6) is -3.60. The van der Waals surface area contributed by atoms with Crippen LogP contribution < -0.4 is 0 Å². The van der Waals surface area contributed by atoms with E-state index in [2.05, 4.69) is 4.74 Å². The summed E-state index contributed by atoms with van der Waals surface area (Å²) < 4.78 is 27.8. The van der Waals surface area contributed by atoms with Crippen molar-refractivity contribution in [3.63, 3.8) is 0 Å². The Hall–Kier alpha value is -1.00. The number of ketones is 1. The first-order chi connectivity index (χ1) is 5.54. The van der Waals surface area contributed by atoms with Crippen LogP contribution in [-0.4, -0.2) is 25.3 Å². The van der Waals surface area contributed by atoms with Crippen molar-refractivity contribution < 1.29 is 23.1 Å². The molecule has 0 aliphatic rings. The summed E-state index contributed by atoms with van der Waals surface area (Å²) in [6, 6.07) is 0. The number of hydrogen-bond donors (Lipinski definition) is 0. The maximum absolute atomic E-state index is 11.8. The first-order valence-electron chi connectivity index (χ1n) is 3.44. The zero-order chi connectivity index (χ0) is 9.72. The van der Waals surface area contributed by atoms with Gasteiger partial charge in [0, 0.05) is 0 Å². The highest BCUT2D eigenvalue weighted by molar-refractivity contribution is 6.00. The topological polar surface area (TPSA) is 43.4 Å². The lowest BCUT2D eigenvalue weighted by atomic mass is 10.0. The molecule has 0 rings (SSSR count). The van der Waals surface area contributed by atoms with Gasteiger partial charge in [-0.05, 0) is 6.42 Å². The molecule has 0 saturated carbocycles. The fraction of sp³-hybridized carbons (Fsp3) is 0.714. The molecule has 0 fully saturated rings. The van der Waals surface area contributed by atoms with Crippen LogP contribution in [0.5, 0.6) is 0 Å². The van der Waals surface area contributed by atoms with Crippen LogP contribution in [0.4, 0.5) is 8.78 Å². The van der Waals surface area contributed by atoms with Gasteiger partial charge in [0.1, 0.15) is 5.92 Å². The summed E-state index contributed by atoms with van der Waals surface area (Å²) >= 11 is 0. The van der Waals surface area contributed by atoms with Crippen molar-refractivity contribution in [1.82, 2.24) is 0 Å². The molecule has 0 heterocycles. The lowest BCUT2D eigenvalue weighted by molar-refractivity contribution is -0.153. The highest BCUT2D eigenvalue weighted by atomic mass is 19.3. The van der Waals surface area contributed by atoms with Crippen molar-refractivity contribution in [2.75, 3.05) is 7.11 Å². The normalized spacial score (nSPS) is 12.8. The van der Waals surface area contributed by atoms with Gasteiger partial charge >= 0.3 is 5.97 Å². The zero-order valence-electron chi connectivity index (χ0n) is 6.84. The van der Waals surface area contributed by atoms with Crippen LogP contribution >= 0.6 is 0 Å². The molecule has 0 saturated heterocycles. The maximum Gasteiger partial charge on any atom is 0.316 e. The summed E-state index contributed by atoms with van der Waals surface area (Å²) in [4.78, 5) is 21.3. The zero-order valence-corrected chi connectivity index (χ0v) is 6.84. The summed E-state index contributed by atoms with van der Waals surface area (Å²) in [5.41, 5.74) is 0. The van der Waals surface area contributed by atoms with Crippen LogP contribution in [0.25, 0.3) is 0 Å². The Bertz CT molecular complexity index is 179. The third-order valence-corrected chi connectivity index (χ3v) is 1.45. The Balaban J connectivity index is 4.34. The second kappa shape index (κ2) is 4.79. The molecular weight excluding hydrogens is 170 g/mol. The third-order valence-electron chi connectivity index (χ3n) is 1.45. The predicted molar refractivity (Wildman–Crippen MR) is 36.8 cm³/mol. The molecule has 5 heteroatoms. The number of hydrogen-bond acceptors (Lipinski definition) is 3. The molecule has 0 radical (unpaired) electrons. The Labute approximate surface area is 68.7 Å². The van der Waals surface area contributed by atoms with Gasteiger partial charge in [-0.1, -0.05) is 6.92 Å². The molecule has 0 N–H and O–H groups in total. The molecule has 1 atom stereocenters. The molecule has 0 aromatic heterocycles. The van der Waals surface area contributed by atoms with Crippen molar-refractivity contribution in [3.05, 3.63) is 0 Å². The standard InChI is InChI=1S/C7H10F2O3/c1-3-4(7(11)12-2)5(10)6(8)9/h4,6H,3H2,1-2H3. The molecule has 0 bridgehead atoms. The summed E-state index contributed by atoms with van der Waals surface area (Å²) in [6.07, 6.45) is -3.07. The van der Waals surface area contributed by atoms with Gasteiger partial charge in [0.05, 0.1) is 7.11 Å². The van der Waals surface area contributed by atoms with Crippen molar-refractivity contribution in [2.45, 2.75) is 19.8 Å². The molecule has 0 spiro atoms. The molecule has 3 nitrogen and oxygen atoms in total. The van der Waals surface area contributed by atoms with Crippen molar-refractivity contribution >= 4 is 11.8 Å². The average Bonchev–Trinajstić information content (AvgIpc) is 2.05. The first kappa shape index (κ1) is 11.0. The Morgan fingerprint density at radius 3 is 2.17 bits per heavy atom. The Morgan fingerprint density at radius 1 is 1.42 bits per heavy atom. The Morgan fingerprint density at radius 2 is 1.92 bits per heavy atom. The molecule has 0 aliphatic carbocycles. The van der Waals surface area contributed by atoms with Gasteiger partial charge in [-0.3, -0.25) is 9.59 Å². The van der Waals surface area contributed by atoms with E-state index in [9.17, 15) is 18.4 Å². The fourth-order valence-electron chi connectivity index (χ4n) is 0.778. The lowest BCUT2D eigenvalue weighted by Crippen LogP contribution is -2.29. The van der Waals surface area contributed by atoms with E-state index in [-0.39, 0.29) is 6.42 Å². The van der Waals surface area contributed by atoms with Crippen LogP contribution in [0, 0.1) is 5.92 Å². The Kier molecular flexibility index (Phi) is 4.39. The minimum atomic E-state index is -3.10. The monoisotopic (exact) mass is 180 g/mol. The number of Topliss-reactive ketones (excluding diaryl/α,β-unsaturated/α-hetero) is 1. The molecular formula is C7H10F2O3. The molecule has 0 aromatic rings. The highest BCUT2D eigenvalue weighted by Gasteiger charge is 2.31. The quantitative estimate of drug-likeness (QED) is 0.479. The number of rotatable bonds is 4. The number of halogens is 2. The second-order valence-corrected chi connectivity index (χ2v) is 2.19. The molecule has 0 aliphatic heterocycles. The van der Waals surface area contributed by atoms with E-state index in [1.54, 1.807) is 0 Å². The van der Waals surface area contributed by atoms with Crippen molar-refractivity contribution in [2.24, 2.45) is 5.92 Å². The van der Waals surface area contributed by atoms with E-state index in [4.69, 9.17) is 0 Å². The van der Waals surface area contributed by atoms with Gasteiger partial charge in [-0.15, -0.1) is 0 Å². The number of carbonyl (C=O) groups is 2. The molecule has 1 unspecified atom stereocenters. The number of alkyl halides is 2. The van der Waals surface area contributed by atoms with E-state index >= 15 is 0 Å². The van der Waals surface area contributed by atoms with E-state index < -0.39 is 24.1 Å². The molecule has 70 valence electrons. The summed E-state index contributed by atoms with van der Waals surface area (Å²) in [5, 5.41) is 0. The fourth-order valence-corrected chi connectivity index (χ4v) is 0.778. The van der Waals surface area contributed by atoms with Gasteiger partial charge < -0.3 is 4.74 Å². The van der Waals surface area contributed by atoms with Crippen LogP contribution in [0.1, 0.15) is 13.3 Å². The largest absolute Gasteiger partial charge is 0.468 e. The van der Waals surface area contributed by atoms with Crippen LogP contribution in [0.15, 0.2) is 0 Å². The van der Waals surface area contributed by atoms with E-state index in [1.165, 1.54) is 6.92 Å². The molecule has 0 amide bonds. The van der Waals surface area contributed by atoms with Crippen LogP contribution in [0.2, 0.25) is 0 Å². The van der Waals surface area contributed by atoms with Crippen molar-refractivity contribution in [1.29, 1.82) is 0 Å². The van der Waals surface area contributed by atoms with Gasteiger partial charge in [0.25, 0.3) is 6.43 Å². The highest BCUT2D eigenvalue weighted by Crippen LogP contribution is 2.11. The van der Waals surface area contributed by atoms with E-state index in [0.29, 0.717) is 0 Å². The predicted octanol–water partition coefficient (Wildman–Crippen LogP) is 1.02. The lowest BCUT2D eigenvalue weighted by Gasteiger charge is -2.09. The van der Waals surface area contributed by atoms with Crippen LogP contribution in [-0.2, 0) is 14.3 Å². The van der Waals surface area contributed by atoms with Gasteiger partial charge in [-0.25, -0.2) is 8.78 Å². The number of carbonyl (C=O) groups excluding carboxylic acids is 2. The number of methoxy groups -OCH3 is 1. The third kappa shape index (κ3) is 2.56. The molecule has 0 aromatic carbocycles. The second-order valence-electron chi connectivity index (χ2n) is 2.19. The van der Waals surface area contributed by atoms with Crippen molar-refractivity contribution in [3.8, 4) is 0 Å². The summed E-state index contributed by atoms with van der Waals surface area (Å²) in [7, 11) is 1.06. The average molecular weight is 180 g/mol. The number of esters is 1. The number of ether oxygens (including phenoxy) is 1. The minimum Gasteiger partial charge on any atom is -0.468 e. The van der Waals surface area contributed by atoms with Gasteiger partial charge in [0.15, 0.2) is 0 Å². The SMILES string of the molecule is CCC(C(=O)OC)C(=O)C(F)F. The van der Waals surface area contributed by atoms with Crippen LogP contribution in [0.3, 0.4) is 0 Å². The maximum atomic E-state index is 11.8. The first-order valence-corrected chi connectivity index (χ1v) is 3.44. The summed E-state index contributed by atoms with van der Waals surface area (Å²) in [6.45, 7) is 1.47. The van der Waals surface area contributed by atoms with Gasteiger partial charge in [0.2, 0.25) is 5.78 Å². The molecule has 12 heavy (non-hydrogen) atoms.